The standard InChI is InChI=1S/C25H42N6/c1-20-13-21(2)17-28(16-20)7-6-8-30-11-12-31(25(30)24(15-26)27-5)10-9-29-18-22(3)14-23(4)19-29/h20-23H,6-14,16-19H2,1-4H3. The van der Waals surface area contributed by atoms with Crippen molar-refractivity contribution in [2.75, 3.05) is 65.4 Å². The molecule has 6 heteroatoms. The number of allylic oxidation sites excluding steroid dienone is 1. The van der Waals surface area contributed by atoms with Gasteiger partial charge in [-0.15, -0.1) is 0 Å². The molecular formula is C25H42N6. The molecule has 31 heavy (non-hydrogen) atoms. The summed E-state index contributed by atoms with van der Waals surface area (Å²) in [6, 6.07) is 2.18. The third kappa shape index (κ3) is 6.61. The third-order valence-corrected chi connectivity index (χ3v) is 7.15. The minimum absolute atomic E-state index is 0.262. The summed E-state index contributed by atoms with van der Waals surface area (Å²) in [7, 11) is 0. The van der Waals surface area contributed by atoms with Gasteiger partial charge >= 0.3 is 5.70 Å². The van der Waals surface area contributed by atoms with Crippen molar-refractivity contribution >= 4 is 0 Å². The zero-order chi connectivity index (χ0) is 22.4. The summed E-state index contributed by atoms with van der Waals surface area (Å²) >= 11 is 0. The lowest BCUT2D eigenvalue weighted by molar-refractivity contribution is 0.129. The van der Waals surface area contributed by atoms with E-state index in [4.69, 9.17) is 6.57 Å². The van der Waals surface area contributed by atoms with Gasteiger partial charge in [0.05, 0.1) is 12.6 Å². The van der Waals surface area contributed by atoms with Crippen LogP contribution in [0.2, 0.25) is 0 Å². The summed E-state index contributed by atoms with van der Waals surface area (Å²) in [5.74, 6) is 3.97. The highest BCUT2D eigenvalue weighted by Gasteiger charge is 2.30. The van der Waals surface area contributed by atoms with Gasteiger partial charge in [-0.3, -0.25) is 0 Å². The van der Waals surface area contributed by atoms with Gasteiger partial charge in [0.1, 0.15) is 5.82 Å². The van der Waals surface area contributed by atoms with Gasteiger partial charge in [0.2, 0.25) is 0 Å². The molecule has 3 rings (SSSR count). The Bertz CT molecular complexity index is 668. The molecule has 0 bridgehead atoms. The molecule has 0 radical (unpaired) electrons. The van der Waals surface area contributed by atoms with Gasteiger partial charge in [-0.2, -0.15) is 0 Å². The molecule has 4 unspecified atom stereocenters. The van der Waals surface area contributed by atoms with Crippen LogP contribution in [0, 0.1) is 41.6 Å². The van der Waals surface area contributed by atoms with Gasteiger partial charge < -0.3 is 19.6 Å². The van der Waals surface area contributed by atoms with Crippen LogP contribution in [0.4, 0.5) is 0 Å². The first-order valence-corrected chi connectivity index (χ1v) is 12.4. The van der Waals surface area contributed by atoms with Crippen LogP contribution in [0.1, 0.15) is 47.0 Å². The van der Waals surface area contributed by atoms with Gasteiger partial charge in [-0.05, 0) is 49.5 Å². The Balaban J connectivity index is 1.55. The van der Waals surface area contributed by atoms with Crippen LogP contribution in [0.3, 0.4) is 0 Å². The maximum atomic E-state index is 9.60. The van der Waals surface area contributed by atoms with E-state index in [0.29, 0.717) is 0 Å². The molecule has 3 aliphatic rings. The highest BCUT2D eigenvalue weighted by atomic mass is 15.4. The van der Waals surface area contributed by atoms with E-state index >= 15 is 0 Å². The zero-order valence-corrected chi connectivity index (χ0v) is 20.2. The van der Waals surface area contributed by atoms with E-state index in [1.54, 1.807) is 0 Å². The van der Waals surface area contributed by atoms with Gasteiger partial charge in [-0.1, -0.05) is 27.7 Å². The summed E-state index contributed by atoms with van der Waals surface area (Å²) in [4.78, 5) is 13.4. The molecule has 0 aliphatic carbocycles. The molecule has 4 atom stereocenters. The monoisotopic (exact) mass is 426 g/mol. The minimum Gasteiger partial charge on any atom is -0.365 e. The number of nitriles is 1. The maximum absolute atomic E-state index is 9.60. The van der Waals surface area contributed by atoms with Gasteiger partial charge in [-0.25, -0.2) is 10.1 Å². The van der Waals surface area contributed by atoms with Crippen molar-refractivity contribution in [3.8, 4) is 6.07 Å². The van der Waals surface area contributed by atoms with Crippen LogP contribution in [-0.4, -0.2) is 85.0 Å². The molecular weight excluding hydrogens is 384 g/mol. The Morgan fingerprint density at radius 3 is 1.81 bits per heavy atom. The Kier molecular flexibility index (Phi) is 8.64. The largest absolute Gasteiger partial charge is 0.365 e. The van der Waals surface area contributed by atoms with Gasteiger partial charge in [0.25, 0.3) is 0 Å². The van der Waals surface area contributed by atoms with E-state index in [1.165, 1.54) is 39.0 Å². The summed E-state index contributed by atoms with van der Waals surface area (Å²) in [6.07, 6.45) is 3.76. The molecule has 6 nitrogen and oxygen atoms in total. The summed E-state index contributed by atoms with van der Waals surface area (Å²) in [6.45, 7) is 27.5. The number of likely N-dealkylation sites (tertiary alicyclic amines) is 2. The predicted octanol–water partition coefficient (Wildman–Crippen LogP) is 3.56. The lowest BCUT2D eigenvalue weighted by Crippen LogP contribution is -2.42. The smallest absolute Gasteiger partial charge is 0.300 e. The molecule has 0 aromatic carbocycles. The molecule has 3 aliphatic heterocycles. The Hall–Kier alpha value is -1.76. The molecule has 0 N–H and O–H groups in total. The molecule has 3 fully saturated rings. The van der Waals surface area contributed by atoms with E-state index in [0.717, 1.165) is 75.2 Å². The average Bonchev–Trinajstić information content (AvgIpc) is 3.09. The quantitative estimate of drug-likeness (QED) is 0.460. The second-order valence-corrected chi connectivity index (χ2v) is 10.6. The number of rotatable bonds is 7. The first kappa shape index (κ1) is 23.9. The molecule has 172 valence electrons. The number of piperidine rings is 2. The number of hydrogen-bond acceptors (Lipinski definition) is 5. The normalized spacial score (nSPS) is 32.1. The highest BCUT2D eigenvalue weighted by Crippen LogP contribution is 2.26. The molecule has 0 saturated carbocycles. The van der Waals surface area contributed by atoms with E-state index in [1.807, 2.05) is 0 Å². The first-order chi connectivity index (χ1) is 14.9. The lowest BCUT2D eigenvalue weighted by Gasteiger charge is -2.36. The molecule has 0 aromatic heterocycles. The number of nitrogens with zero attached hydrogens (tertiary/aromatic N) is 6. The van der Waals surface area contributed by atoms with Crippen molar-refractivity contribution in [1.82, 2.24) is 19.6 Å². The van der Waals surface area contributed by atoms with Crippen LogP contribution in [0.25, 0.3) is 4.85 Å². The van der Waals surface area contributed by atoms with Crippen LogP contribution >= 0.6 is 0 Å². The van der Waals surface area contributed by atoms with Crippen molar-refractivity contribution in [3.63, 3.8) is 0 Å². The summed E-state index contributed by atoms with van der Waals surface area (Å²) < 4.78 is 0. The molecule has 0 spiro atoms. The van der Waals surface area contributed by atoms with Crippen molar-refractivity contribution in [2.45, 2.75) is 47.0 Å². The lowest BCUT2D eigenvalue weighted by atomic mass is 9.92. The van der Waals surface area contributed by atoms with Gasteiger partial charge in [0.15, 0.2) is 0 Å². The summed E-state index contributed by atoms with van der Waals surface area (Å²) in [5, 5.41) is 9.60. The second-order valence-electron chi connectivity index (χ2n) is 10.6. The van der Waals surface area contributed by atoms with E-state index in [-0.39, 0.29) is 5.70 Å². The van der Waals surface area contributed by atoms with Crippen molar-refractivity contribution in [1.29, 1.82) is 5.26 Å². The minimum atomic E-state index is 0.262. The maximum Gasteiger partial charge on any atom is 0.300 e. The van der Waals surface area contributed by atoms with Crippen LogP contribution in [0.15, 0.2) is 11.5 Å². The Labute approximate surface area is 190 Å². The predicted molar refractivity (Wildman–Crippen MR) is 126 cm³/mol. The van der Waals surface area contributed by atoms with Crippen molar-refractivity contribution in [2.24, 2.45) is 23.7 Å². The fourth-order valence-corrected chi connectivity index (χ4v) is 6.21. The molecule has 0 amide bonds. The van der Waals surface area contributed by atoms with E-state index < -0.39 is 0 Å². The first-order valence-electron chi connectivity index (χ1n) is 12.4. The third-order valence-electron chi connectivity index (χ3n) is 7.15. The Morgan fingerprint density at radius 1 is 0.839 bits per heavy atom. The van der Waals surface area contributed by atoms with Crippen molar-refractivity contribution < 1.29 is 0 Å². The molecule has 3 heterocycles. The fourth-order valence-electron chi connectivity index (χ4n) is 6.21. The van der Waals surface area contributed by atoms with E-state index in [2.05, 4.69) is 58.2 Å². The molecule has 3 saturated heterocycles. The fraction of sp³-hybridized carbons (Fsp3) is 0.840. The Morgan fingerprint density at radius 2 is 1.32 bits per heavy atom. The van der Waals surface area contributed by atoms with E-state index in [9.17, 15) is 5.26 Å². The van der Waals surface area contributed by atoms with Crippen LogP contribution in [0.5, 0.6) is 0 Å². The topological polar surface area (TPSA) is 41.1 Å². The second kappa shape index (κ2) is 11.2. The number of hydrogen-bond donors (Lipinski definition) is 0. The molecule has 0 aromatic rings. The van der Waals surface area contributed by atoms with Crippen LogP contribution < -0.4 is 0 Å². The SMILES string of the molecule is [C-]#[N+]C(C#N)=C1N(CCCN2CC(C)CC(C)C2)CCN1CCN1CC(C)CC(C)C1. The van der Waals surface area contributed by atoms with Crippen molar-refractivity contribution in [3.05, 3.63) is 22.9 Å². The van der Waals surface area contributed by atoms with Crippen LogP contribution in [-0.2, 0) is 0 Å². The average molecular weight is 427 g/mol. The zero-order valence-electron chi connectivity index (χ0n) is 20.2. The highest BCUT2D eigenvalue weighted by molar-refractivity contribution is 5.33. The summed E-state index contributed by atoms with van der Waals surface area (Å²) in [5.41, 5.74) is 0.262. The van der Waals surface area contributed by atoms with Gasteiger partial charge in [0, 0.05) is 58.9 Å².